The normalized spacial score (nSPS) is 19.8. The highest BCUT2D eigenvalue weighted by molar-refractivity contribution is 5.88. The fraction of sp³-hybridized carbons (Fsp3) is 0.671. The summed E-state index contributed by atoms with van der Waals surface area (Å²) in [6.07, 6.45) is 11.3. The molecule has 632 valence electrons. The number of carboxylic acids is 7. The van der Waals surface area contributed by atoms with Crippen molar-refractivity contribution in [1.82, 2.24) is 76.1 Å². The van der Waals surface area contributed by atoms with Crippen molar-refractivity contribution in [3.63, 3.8) is 0 Å². The van der Waals surface area contributed by atoms with E-state index in [2.05, 4.69) is 54.8 Å². The van der Waals surface area contributed by atoms with E-state index in [4.69, 9.17) is 0 Å². The van der Waals surface area contributed by atoms with Gasteiger partial charge in [0.15, 0.2) is 0 Å². The van der Waals surface area contributed by atoms with E-state index in [-0.39, 0.29) is 174 Å². The molecular weight excluding hydrogens is 1480 g/mol. The van der Waals surface area contributed by atoms with Gasteiger partial charge in [0.2, 0.25) is 35.4 Å². The molecule has 0 aliphatic carbocycles. The zero-order valence-electron chi connectivity index (χ0n) is 66.4. The maximum atomic E-state index is 13.9. The molecule has 13 N–H and O–H groups in total. The van der Waals surface area contributed by atoms with Crippen LogP contribution in [0.2, 0.25) is 0 Å². The quantitative estimate of drug-likeness (QED) is 0.0313. The van der Waals surface area contributed by atoms with Crippen LogP contribution in [0.4, 0.5) is 0 Å². The Kier molecular flexibility index (Phi) is 41.2. The SMILES string of the molecule is CC1CCN(C(C)C(=O)NCC(=O)NCCCCc2cc(C#Cc3cncc(C(CC(=O)O)NC(=O)C4CCCN(C(=O)CCC5CCNCC5)C4)c3)cc(CCCCNC(=O)CNC(=O)C(C)N3CCN(CC(=O)O)CCN(CC(=O)O)CCN(CC(=O)O)CC3)c2)CCN(CC(=O)O)CCN(CC(=O)O)CCC1CC(=O)O. The van der Waals surface area contributed by atoms with Gasteiger partial charge in [0, 0.05) is 141 Å². The molecule has 1 aromatic heterocycles. The summed E-state index contributed by atoms with van der Waals surface area (Å²) in [6.45, 7) is 9.51. The van der Waals surface area contributed by atoms with Gasteiger partial charge in [-0.1, -0.05) is 24.8 Å². The van der Waals surface area contributed by atoms with Crippen LogP contribution in [-0.2, 0) is 75.2 Å². The first-order chi connectivity index (χ1) is 54.4. The van der Waals surface area contributed by atoms with Gasteiger partial charge < -0.3 is 72.5 Å². The number of amides is 6. The summed E-state index contributed by atoms with van der Waals surface area (Å²) in [6, 6.07) is 5.13. The lowest BCUT2D eigenvalue weighted by molar-refractivity contribution is -0.140. The zero-order valence-corrected chi connectivity index (χ0v) is 66.4. The molecular formula is C79H121N15O20. The zero-order chi connectivity index (χ0) is 83.1. The monoisotopic (exact) mass is 1600 g/mol. The van der Waals surface area contributed by atoms with Crippen molar-refractivity contribution >= 4 is 77.2 Å². The number of aliphatic carboxylic acids is 7. The van der Waals surface area contributed by atoms with Crippen molar-refractivity contribution in [2.75, 3.05) is 177 Å². The van der Waals surface area contributed by atoms with Gasteiger partial charge in [-0.25, -0.2) is 0 Å². The molecule has 0 saturated carbocycles. The van der Waals surface area contributed by atoms with Crippen LogP contribution >= 0.6 is 0 Å². The Morgan fingerprint density at radius 3 is 1.44 bits per heavy atom. The molecule has 114 heavy (non-hydrogen) atoms. The van der Waals surface area contributed by atoms with Crippen LogP contribution in [0.1, 0.15) is 145 Å². The van der Waals surface area contributed by atoms with Crippen LogP contribution in [0.5, 0.6) is 0 Å². The number of hydrogen-bond donors (Lipinski definition) is 13. The number of pyridine rings is 1. The number of rotatable bonds is 38. The highest BCUT2D eigenvalue weighted by Crippen LogP contribution is 2.27. The number of benzene rings is 1. The largest absolute Gasteiger partial charge is 0.481 e. The number of carboxylic acid groups (broad SMARTS) is 7. The van der Waals surface area contributed by atoms with Crippen molar-refractivity contribution in [2.45, 2.75) is 142 Å². The van der Waals surface area contributed by atoms with Crippen LogP contribution in [0.15, 0.2) is 36.7 Å². The average Bonchev–Trinajstić information content (AvgIpc) is 0.884. The van der Waals surface area contributed by atoms with E-state index in [1.165, 1.54) is 6.20 Å². The number of carbonyl (C=O) groups is 13. The van der Waals surface area contributed by atoms with E-state index in [0.29, 0.717) is 113 Å². The second-order valence-corrected chi connectivity index (χ2v) is 30.6. The van der Waals surface area contributed by atoms with Gasteiger partial charge in [-0.2, -0.15) is 0 Å². The fourth-order valence-corrected chi connectivity index (χ4v) is 15.0. The molecule has 4 aliphatic heterocycles. The van der Waals surface area contributed by atoms with Crippen molar-refractivity contribution in [2.24, 2.45) is 23.7 Å². The highest BCUT2D eigenvalue weighted by atomic mass is 16.4. The summed E-state index contributed by atoms with van der Waals surface area (Å²) < 4.78 is 0. The maximum Gasteiger partial charge on any atom is 0.317 e. The molecule has 35 heteroatoms. The fourth-order valence-electron chi connectivity index (χ4n) is 15.0. The number of aryl methyl sites for hydroxylation is 2. The molecule has 4 aliphatic rings. The van der Waals surface area contributed by atoms with E-state index in [1.807, 2.05) is 24.0 Å². The summed E-state index contributed by atoms with van der Waals surface area (Å²) in [5, 5.41) is 85.5. The second-order valence-electron chi connectivity index (χ2n) is 30.6. The van der Waals surface area contributed by atoms with Gasteiger partial charge in [0.25, 0.3) is 0 Å². The van der Waals surface area contributed by atoms with E-state index in [0.717, 1.165) is 43.5 Å². The van der Waals surface area contributed by atoms with Crippen LogP contribution in [0.25, 0.3) is 0 Å². The highest BCUT2D eigenvalue weighted by Gasteiger charge is 2.33. The van der Waals surface area contributed by atoms with E-state index >= 15 is 0 Å². The standard InChI is InChI=1S/C79H121N15O20/c1-55-18-26-92(36-33-89(52-74(106)107)28-27-87(50-72(102)103)25-19-63(55)43-70(98)99)56(2)77(112)84-47-67(95)82-20-6-4-9-59-39-60(10-5-7-21-83-68(96)48-85-78(113)57(3)93-37-34-90(53-75(108)109)31-29-88(51-73(104)105)30-32-91(35-38-93)54-76(110)111)41-61(40-59)12-13-62-42-65(46-81-45-62)66(44-71(100)101)86-79(114)64-11-8-24-94(49-64)69(97)15-14-58-16-22-80-23-17-58/h39-42,45-46,55-58,63-64,66,80H,4-11,14-38,43-44,47-54H2,1-3H3,(H,82,95)(H,83,96)(H,84,112)(H,85,113)(H,86,114)(H,98,99)(H,100,101)(H,102,103)(H,104,105)(H,106,107)(H,108,109)(H,110,111). The van der Waals surface area contributed by atoms with Gasteiger partial charge in [-0.15, -0.1) is 0 Å². The van der Waals surface area contributed by atoms with Crippen LogP contribution < -0.4 is 31.9 Å². The predicted molar refractivity (Wildman–Crippen MR) is 418 cm³/mol. The molecule has 5 heterocycles. The number of carbonyl (C=O) groups excluding carboxylic acids is 6. The number of unbranched alkanes of at least 4 members (excludes halogenated alkanes) is 2. The lowest BCUT2D eigenvalue weighted by Gasteiger charge is -2.35. The molecule has 35 nitrogen and oxygen atoms in total. The molecule has 0 spiro atoms. The van der Waals surface area contributed by atoms with Gasteiger partial charge in [-0.05, 0) is 176 Å². The Morgan fingerprint density at radius 2 is 0.965 bits per heavy atom. The van der Waals surface area contributed by atoms with Gasteiger partial charge in [0.1, 0.15) is 0 Å². The third-order valence-corrected chi connectivity index (χ3v) is 21.8. The molecule has 6 amide bonds. The summed E-state index contributed by atoms with van der Waals surface area (Å²) >= 11 is 0. The molecule has 4 fully saturated rings. The Balaban J connectivity index is 1.08. The Bertz CT molecular complexity index is 3560. The van der Waals surface area contributed by atoms with Crippen LogP contribution in [0.3, 0.4) is 0 Å². The minimum atomic E-state index is -1.14. The van der Waals surface area contributed by atoms with Crippen LogP contribution in [0, 0.1) is 35.5 Å². The Morgan fingerprint density at radius 1 is 0.500 bits per heavy atom. The number of hydrogen-bond acceptors (Lipinski definition) is 22. The first kappa shape index (κ1) is 93.6. The minimum Gasteiger partial charge on any atom is -0.481 e. The van der Waals surface area contributed by atoms with Crippen LogP contribution in [-0.4, -0.2) is 346 Å². The molecule has 6 unspecified atom stereocenters. The van der Waals surface area contributed by atoms with Crippen molar-refractivity contribution in [3.8, 4) is 11.8 Å². The molecule has 6 atom stereocenters. The molecule has 4 saturated heterocycles. The summed E-state index contributed by atoms with van der Waals surface area (Å²) in [7, 11) is 0. The lowest BCUT2D eigenvalue weighted by atomic mass is 9.85. The van der Waals surface area contributed by atoms with Gasteiger partial charge >= 0.3 is 41.8 Å². The Labute approximate surface area is 667 Å². The first-order valence-electron chi connectivity index (χ1n) is 40.0. The van der Waals surface area contributed by atoms with Crippen molar-refractivity contribution in [1.29, 1.82) is 0 Å². The number of nitrogens with zero attached hydrogens (tertiary/aromatic N) is 9. The topological polar surface area (TPSA) is 475 Å². The van der Waals surface area contributed by atoms with Gasteiger partial charge in [0.05, 0.1) is 76.3 Å². The van der Waals surface area contributed by atoms with E-state index in [1.54, 1.807) is 60.4 Å². The lowest BCUT2D eigenvalue weighted by Crippen LogP contribution is -2.53. The third kappa shape index (κ3) is 36.5. The predicted octanol–water partition coefficient (Wildman–Crippen LogP) is 0.0904. The average molecular weight is 1600 g/mol. The van der Waals surface area contributed by atoms with E-state index < -0.39 is 95.9 Å². The molecule has 2 aromatic rings. The summed E-state index contributed by atoms with van der Waals surface area (Å²) in [5.41, 5.74) is 3.41. The minimum absolute atomic E-state index is 0.0189. The maximum absolute atomic E-state index is 13.9. The first-order valence-corrected chi connectivity index (χ1v) is 40.0. The smallest absolute Gasteiger partial charge is 0.317 e. The molecule has 0 radical (unpaired) electrons. The Hall–Kier alpha value is -9.28. The second kappa shape index (κ2) is 50.2. The molecule has 6 rings (SSSR count). The molecule has 1 aromatic carbocycles. The van der Waals surface area contributed by atoms with Crippen molar-refractivity contribution < 1.29 is 98.1 Å². The summed E-state index contributed by atoms with van der Waals surface area (Å²) in [5.74, 6) is -3.65. The summed E-state index contributed by atoms with van der Waals surface area (Å²) in [4.78, 5) is 183. The van der Waals surface area contributed by atoms with Crippen molar-refractivity contribution in [3.05, 3.63) is 64.5 Å². The number of piperidine rings is 2. The third-order valence-electron chi connectivity index (χ3n) is 21.8. The van der Waals surface area contributed by atoms with E-state index in [9.17, 15) is 98.1 Å². The molecule has 0 bridgehead atoms. The number of likely N-dealkylation sites (tertiary alicyclic amines) is 1. The number of aromatic nitrogens is 1. The number of nitrogens with one attached hydrogen (secondary N) is 6. The van der Waals surface area contributed by atoms with Gasteiger partial charge in [-0.3, -0.25) is 102 Å².